The lowest BCUT2D eigenvalue weighted by Crippen LogP contribution is -2.14. The second kappa shape index (κ2) is 4.15. The molecule has 0 saturated carbocycles. The lowest BCUT2D eigenvalue weighted by atomic mass is 10.1. The molecule has 1 unspecified atom stereocenters. The van der Waals surface area contributed by atoms with E-state index in [0.29, 0.717) is 11.2 Å². The average molecular weight is 213 g/mol. The Hall–Kier alpha value is -0.800. The third kappa shape index (κ3) is 1.70. The molecule has 1 aromatic heterocycles. The second-order valence-electron chi connectivity index (χ2n) is 3.37. The molecule has 1 atom stereocenters. The van der Waals surface area contributed by atoms with Crippen LogP contribution in [0.25, 0.3) is 0 Å². The summed E-state index contributed by atoms with van der Waals surface area (Å²) < 4.78 is 5.27. The maximum absolute atomic E-state index is 6.06. The molecule has 0 aliphatic carbocycles. The summed E-state index contributed by atoms with van der Waals surface area (Å²) in [5.74, 6) is 0.824. The topological polar surface area (TPSA) is 34.1 Å². The standard InChI is InChI=1S/C10H13ClN2O/c1-14-8-4-6-13-10(11)9(8)7-3-2-5-12-7/h4,6-7,12H,2-3,5H2,1H3. The Morgan fingerprint density at radius 2 is 2.50 bits per heavy atom. The molecule has 76 valence electrons. The van der Waals surface area contributed by atoms with E-state index in [0.717, 1.165) is 24.3 Å². The van der Waals surface area contributed by atoms with Gasteiger partial charge in [0, 0.05) is 17.8 Å². The van der Waals surface area contributed by atoms with Crippen LogP contribution in [0.15, 0.2) is 12.3 Å². The van der Waals surface area contributed by atoms with E-state index in [1.165, 1.54) is 6.42 Å². The van der Waals surface area contributed by atoms with E-state index in [4.69, 9.17) is 16.3 Å². The van der Waals surface area contributed by atoms with E-state index in [1.54, 1.807) is 13.3 Å². The number of ether oxygens (including phenoxy) is 1. The number of rotatable bonds is 2. The molecule has 1 aliphatic heterocycles. The van der Waals surface area contributed by atoms with E-state index >= 15 is 0 Å². The van der Waals surface area contributed by atoms with Gasteiger partial charge in [0.1, 0.15) is 10.9 Å². The Morgan fingerprint density at radius 3 is 3.14 bits per heavy atom. The van der Waals surface area contributed by atoms with Crippen LogP contribution in [0.1, 0.15) is 24.4 Å². The van der Waals surface area contributed by atoms with Crippen molar-refractivity contribution in [1.82, 2.24) is 10.3 Å². The average Bonchev–Trinajstić information content (AvgIpc) is 2.70. The van der Waals surface area contributed by atoms with Crippen molar-refractivity contribution in [3.05, 3.63) is 23.0 Å². The molecule has 0 spiro atoms. The summed E-state index contributed by atoms with van der Waals surface area (Å²) in [6.45, 7) is 1.04. The highest BCUT2D eigenvalue weighted by atomic mass is 35.5. The van der Waals surface area contributed by atoms with Crippen molar-refractivity contribution in [2.24, 2.45) is 0 Å². The highest BCUT2D eigenvalue weighted by molar-refractivity contribution is 6.30. The fraction of sp³-hybridized carbons (Fsp3) is 0.500. The first-order valence-corrected chi connectivity index (χ1v) is 5.12. The lowest BCUT2D eigenvalue weighted by molar-refractivity contribution is 0.402. The van der Waals surface area contributed by atoms with Crippen molar-refractivity contribution in [2.75, 3.05) is 13.7 Å². The quantitative estimate of drug-likeness (QED) is 0.763. The van der Waals surface area contributed by atoms with E-state index in [2.05, 4.69) is 10.3 Å². The van der Waals surface area contributed by atoms with Crippen LogP contribution in [-0.4, -0.2) is 18.6 Å². The fourth-order valence-corrected chi connectivity index (χ4v) is 2.14. The zero-order chi connectivity index (χ0) is 9.97. The first-order chi connectivity index (χ1) is 6.83. The van der Waals surface area contributed by atoms with Gasteiger partial charge in [0.2, 0.25) is 0 Å². The fourth-order valence-electron chi connectivity index (χ4n) is 1.86. The molecular weight excluding hydrogens is 200 g/mol. The summed E-state index contributed by atoms with van der Waals surface area (Å²) in [5.41, 5.74) is 0.995. The molecule has 2 rings (SSSR count). The van der Waals surface area contributed by atoms with Crippen LogP contribution < -0.4 is 10.1 Å². The van der Waals surface area contributed by atoms with Crippen LogP contribution in [-0.2, 0) is 0 Å². The second-order valence-corrected chi connectivity index (χ2v) is 3.72. The number of halogens is 1. The van der Waals surface area contributed by atoms with Crippen LogP contribution in [0.4, 0.5) is 0 Å². The lowest BCUT2D eigenvalue weighted by Gasteiger charge is -2.15. The molecule has 0 aromatic carbocycles. The molecular formula is C10H13ClN2O. The Labute approximate surface area is 88.4 Å². The Kier molecular flexibility index (Phi) is 2.89. The van der Waals surface area contributed by atoms with Gasteiger partial charge in [0.15, 0.2) is 0 Å². The number of pyridine rings is 1. The summed E-state index contributed by atoms with van der Waals surface area (Å²) in [7, 11) is 1.66. The van der Waals surface area contributed by atoms with Crippen molar-refractivity contribution in [3.63, 3.8) is 0 Å². The minimum atomic E-state index is 0.297. The minimum absolute atomic E-state index is 0.297. The predicted molar refractivity (Wildman–Crippen MR) is 55.8 cm³/mol. The summed E-state index contributed by atoms with van der Waals surface area (Å²) in [6, 6.07) is 2.15. The van der Waals surface area contributed by atoms with E-state index < -0.39 is 0 Å². The molecule has 0 amide bonds. The van der Waals surface area contributed by atoms with Crippen LogP contribution in [0, 0.1) is 0 Å². The zero-order valence-electron chi connectivity index (χ0n) is 8.09. The third-order valence-corrected chi connectivity index (χ3v) is 2.83. The van der Waals surface area contributed by atoms with Crippen LogP contribution in [0.5, 0.6) is 5.75 Å². The van der Waals surface area contributed by atoms with Crippen LogP contribution in [0.2, 0.25) is 5.15 Å². The Balaban J connectivity index is 2.37. The number of nitrogens with zero attached hydrogens (tertiary/aromatic N) is 1. The molecule has 3 nitrogen and oxygen atoms in total. The molecule has 0 bridgehead atoms. The highest BCUT2D eigenvalue weighted by Crippen LogP contribution is 2.34. The molecule has 1 fully saturated rings. The first kappa shape index (κ1) is 9.74. The Bertz CT molecular complexity index is 324. The van der Waals surface area contributed by atoms with E-state index in [-0.39, 0.29) is 0 Å². The van der Waals surface area contributed by atoms with Gasteiger partial charge in [0.25, 0.3) is 0 Å². The molecule has 1 N–H and O–H groups in total. The normalized spacial score (nSPS) is 21.1. The van der Waals surface area contributed by atoms with Crippen LogP contribution >= 0.6 is 11.6 Å². The number of nitrogens with one attached hydrogen (secondary N) is 1. The summed E-state index contributed by atoms with van der Waals surface area (Å²) >= 11 is 6.06. The van der Waals surface area contributed by atoms with Gasteiger partial charge in [-0.2, -0.15) is 0 Å². The van der Waals surface area contributed by atoms with Crippen molar-refractivity contribution in [2.45, 2.75) is 18.9 Å². The SMILES string of the molecule is COc1ccnc(Cl)c1C1CCCN1. The van der Waals surface area contributed by atoms with Gasteiger partial charge in [-0.05, 0) is 25.5 Å². The van der Waals surface area contributed by atoms with Crippen molar-refractivity contribution in [3.8, 4) is 5.75 Å². The molecule has 1 aliphatic rings. The largest absolute Gasteiger partial charge is 0.496 e. The van der Waals surface area contributed by atoms with Crippen molar-refractivity contribution in [1.29, 1.82) is 0 Å². The van der Waals surface area contributed by atoms with Crippen molar-refractivity contribution >= 4 is 11.6 Å². The van der Waals surface area contributed by atoms with Gasteiger partial charge < -0.3 is 10.1 Å². The minimum Gasteiger partial charge on any atom is -0.496 e. The molecule has 2 heterocycles. The van der Waals surface area contributed by atoms with E-state index in [9.17, 15) is 0 Å². The monoisotopic (exact) mass is 212 g/mol. The molecule has 14 heavy (non-hydrogen) atoms. The summed E-state index contributed by atoms with van der Waals surface area (Å²) in [4.78, 5) is 4.08. The van der Waals surface area contributed by atoms with E-state index in [1.807, 2.05) is 6.07 Å². The summed E-state index contributed by atoms with van der Waals surface area (Å²) in [6.07, 6.45) is 3.94. The molecule has 1 saturated heterocycles. The van der Waals surface area contributed by atoms with Crippen molar-refractivity contribution < 1.29 is 4.74 Å². The van der Waals surface area contributed by atoms with Crippen LogP contribution in [0.3, 0.4) is 0 Å². The molecule has 4 heteroatoms. The van der Waals surface area contributed by atoms with Gasteiger partial charge in [-0.15, -0.1) is 0 Å². The maximum Gasteiger partial charge on any atom is 0.137 e. The van der Waals surface area contributed by atoms with Gasteiger partial charge >= 0.3 is 0 Å². The molecule has 1 aromatic rings. The Morgan fingerprint density at radius 1 is 1.64 bits per heavy atom. The number of aromatic nitrogens is 1. The first-order valence-electron chi connectivity index (χ1n) is 4.74. The van der Waals surface area contributed by atoms with Gasteiger partial charge in [0.05, 0.1) is 7.11 Å². The number of methoxy groups -OCH3 is 1. The number of hydrogen-bond donors (Lipinski definition) is 1. The van der Waals surface area contributed by atoms with Gasteiger partial charge in [-0.1, -0.05) is 11.6 Å². The van der Waals surface area contributed by atoms with Gasteiger partial charge in [-0.3, -0.25) is 0 Å². The molecule has 0 radical (unpaired) electrons. The van der Waals surface area contributed by atoms with Gasteiger partial charge in [-0.25, -0.2) is 4.98 Å². The smallest absolute Gasteiger partial charge is 0.137 e. The highest BCUT2D eigenvalue weighted by Gasteiger charge is 2.22. The zero-order valence-corrected chi connectivity index (χ0v) is 8.84. The summed E-state index contributed by atoms with van der Waals surface area (Å²) in [5, 5.41) is 3.93. The number of hydrogen-bond acceptors (Lipinski definition) is 3. The maximum atomic E-state index is 6.06. The predicted octanol–water partition coefficient (Wildman–Crippen LogP) is 2.17. The third-order valence-electron chi connectivity index (χ3n) is 2.53.